The van der Waals surface area contributed by atoms with Gasteiger partial charge < -0.3 is 20.3 Å². The van der Waals surface area contributed by atoms with Crippen LogP contribution in [0.4, 0.5) is 8.78 Å². The first kappa shape index (κ1) is 12.7. The summed E-state index contributed by atoms with van der Waals surface area (Å²) in [5.74, 6) is -3.82. The van der Waals surface area contributed by atoms with Crippen LogP contribution < -0.4 is 10.1 Å². The van der Waals surface area contributed by atoms with Crippen LogP contribution in [0.15, 0.2) is 6.07 Å². The monoisotopic (exact) mass is 233 g/mol. The van der Waals surface area contributed by atoms with Crippen molar-refractivity contribution in [1.82, 2.24) is 5.32 Å². The van der Waals surface area contributed by atoms with E-state index in [-0.39, 0.29) is 17.9 Å². The number of benzene rings is 1. The van der Waals surface area contributed by atoms with E-state index in [4.69, 9.17) is 5.11 Å². The highest BCUT2D eigenvalue weighted by molar-refractivity contribution is 5.42. The molecule has 1 aromatic rings. The van der Waals surface area contributed by atoms with Crippen molar-refractivity contribution in [3.63, 3.8) is 0 Å². The minimum atomic E-state index is -1.19. The van der Waals surface area contributed by atoms with Crippen molar-refractivity contribution in [3.8, 4) is 11.5 Å². The third kappa shape index (κ3) is 2.23. The third-order valence-electron chi connectivity index (χ3n) is 2.15. The summed E-state index contributed by atoms with van der Waals surface area (Å²) < 4.78 is 31.2. The van der Waals surface area contributed by atoms with Crippen LogP contribution in [-0.4, -0.2) is 30.9 Å². The highest BCUT2D eigenvalue weighted by atomic mass is 19.1. The quantitative estimate of drug-likeness (QED) is 0.724. The SMILES string of the molecule is CNCC(O)c1cc(OC)c(F)c(O)c1F. The second-order valence-corrected chi connectivity index (χ2v) is 3.22. The zero-order chi connectivity index (χ0) is 12.3. The Labute approximate surface area is 91.5 Å². The van der Waals surface area contributed by atoms with Crippen molar-refractivity contribution in [2.45, 2.75) is 6.10 Å². The summed E-state index contributed by atoms with van der Waals surface area (Å²) in [5, 5.41) is 21.3. The Kier molecular flexibility index (Phi) is 4.03. The van der Waals surface area contributed by atoms with Gasteiger partial charge in [-0.25, -0.2) is 4.39 Å². The molecule has 4 nitrogen and oxygen atoms in total. The van der Waals surface area contributed by atoms with Crippen molar-refractivity contribution in [1.29, 1.82) is 0 Å². The van der Waals surface area contributed by atoms with Gasteiger partial charge in [0, 0.05) is 12.1 Å². The molecule has 1 atom stereocenters. The van der Waals surface area contributed by atoms with Gasteiger partial charge in [-0.1, -0.05) is 0 Å². The maximum atomic E-state index is 13.4. The first-order valence-electron chi connectivity index (χ1n) is 4.60. The predicted molar refractivity (Wildman–Crippen MR) is 53.5 cm³/mol. The second-order valence-electron chi connectivity index (χ2n) is 3.22. The number of ether oxygens (including phenoxy) is 1. The molecule has 0 aliphatic rings. The Bertz CT molecular complexity index is 385. The molecule has 1 rings (SSSR count). The lowest BCUT2D eigenvalue weighted by Gasteiger charge is -2.14. The largest absolute Gasteiger partial charge is 0.503 e. The molecule has 0 aromatic heterocycles. The number of aliphatic hydroxyl groups excluding tert-OH is 1. The van der Waals surface area contributed by atoms with E-state index in [0.717, 1.165) is 6.07 Å². The summed E-state index contributed by atoms with van der Waals surface area (Å²) in [4.78, 5) is 0. The second kappa shape index (κ2) is 5.09. The zero-order valence-corrected chi connectivity index (χ0v) is 8.92. The molecule has 1 unspecified atom stereocenters. The van der Waals surface area contributed by atoms with Gasteiger partial charge in [-0.15, -0.1) is 0 Å². The minimum absolute atomic E-state index is 0.0746. The average molecular weight is 233 g/mol. The lowest BCUT2D eigenvalue weighted by atomic mass is 10.1. The van der Waals surface area contributed by atoms with E-state index in [2.05, 4.69) is 10.1 Å². The van der Waals surface area contributed by atoms with Crippen molar-refractivity contribution in [3.05, 3.63) is 23.3 Å². The number of aromatic hydroxyl groups is 1. The van der Waals surface area contributed by atoms with E-state index < -0.39 is 23.5 Å². The summed E-state index contributed by atoms with van der Waals surface area (Å²) in [7, 11) is 2.76. The molecule has 16 heavy (non-hydrogen) atoms. The van der Waals surface area contributed by atoms with Gasteiger partial charge in [0.05, 0.1) is 13.2 Å². The van der Waals surface area contributed by atoms with E-state index in [1.54, 1.807) is 7.05 Å². The molecular weight excluding hydrogens is 220 g/mol. The molecule has 0 heterocycles. The summed E-state index contributed by atoms with van der Waals surface area (Å²) in [6.07, 6.45) is -1.19. The van der Waals surface area contributed by atoms with Gasteiger partial charge in [-0.05, 0) is 13.1 Å². The molecule has 0 fully saturated rings. The number of likely N-dealkylation sites (N-methyl/N-ethyl adjacent to an activating group) is 1. The summed E-state index contributed by atoms with van der Waals surface area (Å²) in [6.45, 7) is 0.0746. The Balaban J connectivity index is 3.24. The lowest BCUT2D eigenvalue weighted by molar-refractivity contribution is 0.170. The van der Waals surface area contributed by atoms with Gasteiger partial charge in [-0.2, -0.15) is 4.39 Å². The van der Waals surface area contributed by atoms with E-state index in [9.17, 15) is 13.9 Å². The molecule has 0 amide bonds. The number of rotatable bonds is 4. The molecule has 0 saturated carbocycles. The number of halogens is 2. The Morgan fingerprint density at radius 3 is 2.56 bits per heavy atom. The maximum Gasteiger partial charge on any atom is 0.209 e. The fraction of sp³-hybridized carbons (Fsp3) is 0.400. The third-order valence-corrected chi connectivity index (χ3v) is 2.15. The van der Waals surface area contributed by atoms with Crippen molar-refractivity contribution in [2.75, 3.05) is 20.7 Å². The molecule has 1 aromatic carbocycles. The molecule has 90 valence electrons. The zero-order valence-electron chi connectivity index (χ0n) is 8.92. The lowest BCUT2D eigenvalue weighted by Crippen LogP contribution is -2.18. The van der Waals surface area contributed by atoms with Crippen LogP contribution in [0.5, 0.6) is 11.5 Å². The van der Waals surface area contributed by atoms with E-state index in [1.807, 2.05) is 0 Å². The van der Waals surface area contributed by atoms with Gasteiger partial charge in [-0.3, -0.25) is 0 Å². The fourth-order valence-corrected chi connectivity index (χ4v) is 1.31. The Morgan fingerprint density at radius 2 is 2.06 bits per heavy atom. The number of nitrogens with one attached hydrogen (secondary N) is 1. The predicted octanol–water partition coefficient (Wildman–Crippen LogP) is 0.932. The van der Waals surface area contributed by atoms with Gasteiger partial charge in [0.1, 0.15) is 0 Å². The molecule has 6 heteroatoms. The number of phenols is 1. The minimum Gasteiger partial charge on any atom is -0.503 e. The standard InChI is InChI=1S/C10H13F2NO3/c1-13-4-6(14)5-3-7(16-2)9(12)10(15)8(5)11/h3,6,13-15H,4H2,1-2H3. The fourth-order valence-electron chi connectivity index (χ4n) is 1.31. The van der Waals surface area contributed by atoms with Gasteiger partial charge in [0.2, 0.25) is 5.82 Å². The van der Waals surface area contributed by atoms with E-state index in [0.29, 0.717) is 0 Å². The van der Waals surface area contributed by atoms with Crippen LogP contribution in [0.1, 0.15) is 11.7 Å². The molecule has 0 spiro atoms. The average Bonchev–Trinajstić information content (AvgIpc) is 2.27. The van der Waals surface area contributed by atoms with Gasteiger partial charge >= 0.3 is 0 Å². The van der Waals surface area contributed by atoms with Gasteiger partial charge in [0.15, 0.2) is 17.3 Å². The van der Waals surface area contributed by atoms with Crippen molar-refractivity contribution < 1.29 is 23.7 Å². The molecule has 3 N–H and O–H groups in total. The molecule has 0 bridgehead atoms. The first-order valence-corrected chi connectivity index (χ1v) is 4.60. The molecule has 0 radical (unpaired) electrons. The van der Waals surface area contributed by atoms with Crippen LogP contribution in [-0.2, 0) is 0 Å². The summed E-state index contributed by atoms with van der Waals surface area (Å²) >= 11 is 0. The van der Waals surface area contributed by atoms with Crippen LogP contribution in [0.3, 0.4) is 0 Å². The maximum absolute atomic E-state index is 13.4. The Hall–Kier alpha value is -1.40. The van der Waals surface area contributed by atoms with E-state index >= 15 is 0 Å². The summed E-state index contributed by atoms with van der Waals surface area (Å²) in [5.41, 5.74) is -0.217. The van der Waals surface area contributed by atoms with E-state index in [1.165, 1.54) is 7.11 Å². The highest BCUT2D eigenvalue weighted by Crippen LogP contribution is 2.33. The summed E-state index contributed by atoms with van der Waals surface area (Å²) in [6, 6.07) is 1.02. The van der Waals surface area contributed by atoms with Crippen molar-refractivity contribution >= 4 is 0 Å². The number of hydrogen-bond acceptors (Lipinski definition) is 4. The van der Waals surface area contributed by atoms with Gasteiger partial charge in [0.25, 0.3) is 0 Å². The number of aliphatic hydroxyl groups is 1. The molecular formula is C10H13F2NO3. The van der Waals surface area contributed by atoms with Crippen LogP contribution in [0.2, 0.25) is 0 Å². The molecule has 0 aliphatic carbocycles. The number of phenolic OH excluding ortho intramolecular Hbond substituents is 1. The molecule has 0 aliphatic heterocycles. The smallest absolute Gasteiger partial charge is 0.209 e. The van der Waals surface area contributed by atoms with Crippen LogP contribution in [0.25, 0.3) is 0 Å². The van der Waals surface area contributed by atoms with Crippen molar-refractivity contribution in [2.24, 2.45) is 0 Å². The van der Waals surface area contributed by atoms with Crippen LogP contribution in [0, 0.1) is 11.6 Å². The number of hydrogen-bond donors (Lipinski definition) is 3. The van der Waals surface area contributed by atoms with Crippen LogP contribution >= 0.6 is 0 Å². The Morgan fingerprint density at radius 1 is 1.44 bits per heavy atom. The number of methoxy groups -OCH3 is 1. The highest BCUT2D eigenvalue weighted by Gasteiger charge is 2.22. The molecule has 0 saturated heterocycles. The first-order chi connectivity index (χ1) is 7.52. The normalized spacial score (nSPS) is 12.6. The topological polar surface area (TPSA) is 61.7 Å².